The number of carbonyl (C=O) groups is 1. The first kappa shape index (κ1) is 12.4. The molecule has 0 saturated carbocycles. The number of anilines is 1. The van der Waals surface area contributed by atoms with Gasteiger partial charge in [-0.15, -0.1) is 5.10 Å². The van der Waals surface area contributed by atoms with E-state index in [1.165, 1.54) is 12.3 Å². The van der Waals surface area contributed by atoms with Crippen LogP contribution in [0.2, 0.25) is 0 Å². The Morgan fingerprint density at radius 3 is 2.75 bits per heavy atom. The number of nitrogens with zero attached hydrogens (tertiary/aromatic N) is 3. The van der Waals surface area contributed by atoms with Crippen LogP contribution in [0.4, 0.5) is 5.82 Å². The summed E-state index contributed by atoms with van der Waals surface area (Å²) in [5.74, 6) is -0.515. The zero-order valence-electron chi connectivity index (χ0n) is 9.84. The Labute approximate surface area is 95.1 Å². The van der Waals surface area contributed by atoms with Crippen LogP contribution in [0.15, 0.2) is 12.3 Å². The van der Waals surface area contributed by atoms with Crippen molar-refractivity contribution in [1.82, 2.24) is 10.2 Å². The third-order valence-corrected chi connectivity index (χ3v) is 2.29. The zero-order valence-corrected chi connectivity index (χ0v) is 9.84. The quantitative estimate of drug-likeness (QED) is 0.824. The second-order valence-corrected chi connectivity index (χ2v) is 3.86. The van der Waals surface area contributed by atoms with E-state index >= 15 is 0 Å². The van der Waals surface area contributed by atoms with Gasteiger partial charge in [0.15, 0.2) is 5.82 Å². The summed E-state index contributed by atoms with van der Waals surface area (Å²) in [6.45, 7) is 6.84. The summed E-state index contributed by atoms with van der Waals surface area (Å²) in [6.07, 6.45) is 2.34. The highest BCUT2D eigenvalue weighted by Gasteiger charge is 2.19. The molecule has 0 atom stereocenters. The standard InChI is InChI=1S/C11H17N3O2/c1-4-7-14(8(2)3)10-9(11(15)16)5-6-12-13-10/h5-6,8H,4,7H2,1-3H3,(H,15,16). The lowest BCUT2D eigenvalue weighted by Gasteiger charge is -2.27. The van der Waals surface area contributed by atoms with Gasteiger partial charge in [0.25, 0.3) is 0 Å². The lowest BCUT2D eigenvalue weighted by Crippen LogP contribution is -2.33. The first-order chi connectivity index (χ1) is 7.57. The van der Waals surface area contributed by atoms with E-state index in [1.54, 1.807) is 0 Å². The Morgan fingerprint density at radius 1 is 1.56 bits per heavy atom. The molecule has 16 heavy (non-hydrogen) atoms. The van der Waals surface area contributed by atoms with Crippen LogP contribution in [0.25, 0.3) is 0 Å². The van der Waals surface area contributed by atoms with Crippen LogP contribution in [-0.4, -0.2) is 33.9 Å². The number of carboxylic acids is 1. The minimum Gasteiger partial charge on any atom is -0.478 e. The Morgan fingerprint density at radius 2 is 2.25 bits per heavy atom. The SMILES string of the molecule is CCCN(c1nnccc1C(=O)O)C(C)C. The van der Waals surface area contributed by atoms with Crippen molar-refractivity contribution in [1.29, 1.82) is 0 Å². The number of hydrogen-bond acceptors (Lipinski definition) is 4. The highest BCUT2D eigenvalue weighted by Crippen LogP contribution is 2.18. The van der Waals surface area contributed by atoms with Gasteiger partial charge in [0.05, 0.1) is 6.20 Å². The van der Waals surface area contributed by atoms with E-state index in [9.17, 15) is 4.79 Å². The molecule has 1 aromatic rings. The van der Waals surface area contributed by atoms with E-state index in [0.29, 0.717) is 5.82 Å². The molecule has 0 saturated heterocycles. The molecule has 5 nitrogen and oxygen atoms in total. The Kier molecular flexibility index (Phi) is 4.22. The molecular weight excluding hydrogens is 206 g/mol. The van der Waals surface area contributed by atoms with Gasteiger partial charge >= 0.3 is 5.97 Å². The predicted molar refractivity (Wildman–Crippen MR) is 61.8 cm³/mol. The van der Waals surface area contributed by atoms with Crippen molar-refractivity contribution < 1.29 is 9.90 Å². The first-order valence-corrected chi connectivity index (χ1v) is 5.39. The topological polar surface area (TPSA) is 66.3 Å². The summed E-state index contributed by atoms with van der Waals surface area (Å²) in [5.41, 5.74) is 0.206. The van der Waals surface area contributed by atoms with E-state index in [4.69, 9.17) is 5.11 Å². The summed E-state index contributed by atoms with van der Waals surface area (Å²) >= 11 is 0. The van der Waals surface area contributed by atoms with Crippen LogP contribution in [-0.2, 0) is 0 Å². The third kappa shape index (κ3) is 2.68. The maximum Gasteiger partial charge on any atom is 0.339 e. The van der Waals surface area contributed by atoms with Gasteiger partial charge in [-0.3, -0.25) is 0 Å². The third-order valence-electron chi connectivity index (χ3n) is 2.29. The molecule has 0 bridgehead atoms. The molecule has 0 spiro atoms. The maximum atomic E-state index is 11.1. The molecule has 1 aromatic heterocycles. The number of aromatic nitrogens is 2. The van der Waals surface area contributed by atoms with Crippen molar-refractivity contribution in [3.8, 4) is 0 Å². The van der Waals surface area contributed by atoms with Gasteiger partial charge < -0.3 is 10.0 Å². The number of rotatable bonds is 5. The van der Waals surface area contributed by atoms with Gasteiger partial charge in [-0.25, -0.2) is 4.79 Å². The summed E-state index contributed by atoms with van der Waals surface area (Å²) < 4.78 is 0. The van der Waals surface area contributed by atoms with Crippen LogP contribution >= 0.6 is 0 Å². The molecule has 1 N–H and O–H groups in total. The minimum atomic E-state index is -0.966. The Balaban J connectivity index is 3.12. The largest absolute Gasteiger partial charge is 0.478 e. The molecule has 88 valence electrons. The van der Waals surface area contributed by atoms with Gasteiger partial charge in [0.1, 0.15) is 5.56 Å². The van der Waals surface area contributed by atoms with Crippen molar-refractivity contribution in [3.05, 3.63) is 17.8 Å². The molecule has 1 rings (SSSR count). The second-order valence-electron chi connectivity index (χ2n) is 3.86. The van der Waals surface area contributed by atoms with Gasteiger partial charge in [0, 0.05) is 12.6 Å². The average molecular weight is 223 g/mol. The number of hydrogen-bond donors (Lipinski definition) is 1. The molecule has 0 aromatic carbocycles. The monoisotopic (exact) mass is 223 g/mol. The minimum absolute atomic E-state index is 0.203. The van der Waals surface area contributed by atoms with Crippen molar-refractivity contribution >= 4 is 11.8 Å². The molecular formula is C11H17N3O2. The highest BCUT2D eigenvalue weighted by atomic mass is 16.4. The summed E-state index contributed by atoms with van der Waals surface area (Å²) in [5, 5.41) is 16.8. The Bertz CT molecular complexity index is 366. The number of aromatic carboxylic acids is 1. The van der Waals surface area contributed by atoms with Crippen molar-refractivity contribution in [3.63, 3.8) is 0 Å². The van der Waals surface area contributed by atoms with Gasteiger partial charge in [-0.1, -0.05) is 6.92 Å². The average Bonchev–Trinajstić information content (AvgIpc) is 2.25. The lowest BCUT2D eigenvalue weighted by atomic mass is 10.2. The van der Waals surface area contributed by atoms with E-state index < -0.39 is 5.97 Å². The zero-order chi connectivity index (χ0) is 12.1. The molecule has 0 radical (unpaired) electrons. The van der Waals surface area contributed by atoms with Gasteiger partial charge in [-0.05, 0) is 26.3 Å². The fraction of sp³-hybridized carbons (Fsp3) is 0.545. The molecule has 1 heterocycles. The van der Waals surface area contributed by atoms with E-state index in [0.717, 1.165) is 13.0 Å². The fourth-order valence-corrected chi connectivity index (χ4v) is 1.55. The normalized spacial score (nSPS) is 10.5. The molecule has 0 fully saturated rings. The first-order valence-electron chi connectivity index (χ1n) is 5.39. The van der Waals surface area contributed by atoms with Crippen molar-refractivity contribution in [2.24, 2.45) is 0 Å². The summed E-state index contributed by atoms with van der Waals surface area (Å²) in [7, 11) is 0. The fourth-order valence-electron chi connectivity index (χ4n) is 1.55. The molecule has 5 heteroatoms. The van der Waals surface area contributed by atoms with Crippen LogP contribution in [0, 0.1) is 0 Å². The second kappa shape index (κ2) is 5.44. The molecule has 0 amide bonds. The molecule has 0 aliphatic heterocycles. The van der Waals surface area contributed by atoms with E-state index in [2.05, 4.69) is 10.2 Å². The molecule has 0 unspecified atom stereocenters. The van der Waals surface area contributed by atoms with E-state index in [-0.39, 0.29) is 11.6 Å². The van der Waals surface area contributed by atoms with Crippen LogP contribution < -0.4 is 4.90 Å². The van der Waals surface area contributed by atoms with Crippen molar-refractivity contribution in [2.75, 3.05) is 11.4 Å². The van der Waals surface area contributed by atoms with Gasteiger partial charge in [-0.2, -0.15) is 5.10 Å². The van der Waals surface area contributed by atoms with Crippen LogP contribution in [0.5, 0.6) is 0 Å². The summed E-state index contributed by atoms with van der Waals surface area (Å²) in [4.78, 5) is 13.0. The van der Waals surface area contributed by atoms with Crippen LogP contribution in [0.3, 0.4) is 0 Å². The number of carboxylic acid groups (broad SMARTS) is 1. The van der Waals surface area contributed by atoms with Crippen LogP contribution in [0.1, 0.15) is 37.6 Å². The lowest BCUT2D eigenvalue weighted by molar-refractivity contribution is 0.0697. The molecule has 0 aliphatic carbocycles. The molecule has 0 aliphatic rings. The smallest absolute Gasteiger partial charge is 0.339 e. The van der Waals surface area contributed by atoms with Crippen molar-refractivity contribution in [2.45, 2.75) is 33.2 Å². The predicted octanol–water partition coefficient (Wildman–Crippen LogP) is 1.80. The van der Waals surface area contributed by atoms with Gasteiger partial charge in [0.2, 0.25) is 0 Å². The van der Waals surface area contributed by atoms with E-state index in [1.807, 2.05) is 25.7 Å². The highest BCUT2D eigenvalue weighted by molar-refractivity contribution is 5.93. The maximum absolute atomic E-state index is 11.1. The summed E-state index contributed by atoms with van der Waals surface area (Å²) in [6, 6.07) is 1.69. The Hall–Kier alpha value is -1.65.